The average molecular weight is 493 g/mol. The summed E-state index contributed by atoms with van der Waals surface area (Å²) in [5.74, 6) is -0.389. The van der Waals surface area contributed by atoms with Gasteiger partial charge in [0, 0.05) is 37.6 Å². The van der Waals surface area contributed by atoms with Gasteiger partial charge in [-0.05, 0) is 37.3 Å². The molecule has 1 aliphatic heterocycles. The van der Waals surface area contributed by atoms with Gasteiger partial charge in [-0.3, -0.25) is 14.6 Å². The molecule has 3 N–H and O–H groups in total. The minimum absolute atomic E-state index is 0.00511. The summed E-state index contributed by atoms with van der Waals surface area (Å²) in [7, 11) is 0. The zero-order valence-electron chi connectivity index (χ0n) is 20.4. The van der Waals surface area contributed by atoms with Gasteiger partial charge >= 0.3 is 6.18 Å². The normalized spacial score (nSPS) is 23.5. The van der Waals surface area contributed by atoms with Gasteiger partial charge < -0.3 is 11.1 Å². The number of aromatic nitrogens is 2. The number of amides is 1. The van der Waals surface area contributed by atoms with Gasteiger partial charge in [-0.1, -0.05) is 32.4 Å². The summed E-state index contributed by atoms with van der Waals surface area (Å²) in [4.78, 5) is 25.9. The van der Waals surface area contributed by atoms with E-state index in [1.54, 1.807) is 0 Å². The smallest absolute Gasteiger partial charge is 0.368 e. The number of hydrogen-bond acceptors (Lipinski definition) is 6. The minimum Gasteiger partial charge on any atom is -0.368 e. The highest BCUT2D eigenvalue weighted by atomic mass is 19.4. The van der Waals surface area contributed by atoms with E-state index in [4.69, 9.17) is 15.7 Å². The third kappa shape index (κ3) is 6.22. The second-order valence-corrected chi connectivity index (χ2v) is 10.1. The molecule has 0 radical (unpaired) electrons. The fourth-order valence-electron chi connectivity index (χ4n) is 5.30. The van der Waals surface area contributed by atoms with Gasteiger partial charge in [-0.25, -0.2) is 9.97 Å². The highest BCUT2D eigenvalue weighted by Crippen LogP contribution is 2.39. The monoisotopic (exact) mass is 492 g/mol. The van der Waals surface area contributed by atoms with Crippen molar-refractivity contribution in [2.24, 2.45) is 17.6 Å². The van der Waals surface area contributed by atoms with Crippen LogP contribution >= 0.6 is 0 Å². The molecule has 2 aliphatic rings. The van der Waals surface area contributed by atoms with Crippen LogP contribution in [-0.2, 0) is 11.3 Å². The van der Waals surface area contributed by atoms with Crippen molar-refractivity contribution in [1.29, 1.82) is 0 Å². The summed E-state index contributed by atoms with van der Waals surface area (Å²) >= 11 is 0. The number of nitrogens with zero attached hydrogens (tertiary/aromatic N) is 4. The zero-order valence-corrected chi connectivity index (χ0v) is 20.4. The number of halogens is 3. The number of nitrogens with two attached hydrogens (primary N) is 1. The number of hydrogen-bond donors (Lipinski definition) is 2. The topological polar surface area (TPSA) is 87.4 Å². The molecule has 1 saturated heterocycles. The van der Waals surface area contributed by atoms with E-state index in [0.29, 0.717) is 24.6 Å². The summed E-state index contributed by atoms with van der Waals surface area (Å²) in [5, 5.41) is 4.04. The van der Waals surface area contributed by atoms with E-state index in [2.05, 4.69) is 15.1 Å². The molecule has 2 aromatic rings. The predicted molar refractivity (Wildman–Crippen MR) is 130 cm³/mol. The van der Waals surface area contributed by atoms with Gasteiger partial charge in [0.25, 0.3) is 0 Å². The van der Waals surface area contributed by atoms with E-state index >= 15 is 0 Å². The van der Waals surface area contributed by atoms with Crippen molar-refractivity contribution in [3.8, 4) is 0 Å². The van der Waals surface area contributed by atoms with Gasteiger partial charge in [-0.2, -0.15) is 13.2 Å². The second kappa shape index (κ2) is 10.7. The van der Waals surface area contributed by atoms with Crippen LogP contribution in [0.1, 0.15) is 45.4 Å². The Hall–Kier alpha value is -2.46. The molecule has 1 aliphatic carbocycles. The summed E-state index contributed by atoms with van der Waals surface area (Å²) in [5.41, 5.74) is 6.39. The van der Waals surface area contributed by atoms with E-state index in [9.17, 15) is 18.0 Å². The standard InChI is InChI=1S/C25H35F3N6O/c1-16(2)22(23(29)35)32-24-19-8-3-4-9-20(19)30-21(31-24)15-33-10-12-34(13-11-33)18-7-5-6-17(14-18)25(26,27)28/h3-4,8-9,16-18,22H,5-7,10-15H2,1-2H3,(H2,29,35)(H,30,31,32). The quantitative estimate of drug-likeness (QED) is 0.612. The first-order valence-corrected chi connectivity index (χ1v) is 12.5. The number of nitrogens with one attached hydrogen (secondary N) is 1. The lowest BCUT2D eigenvalue weighted by Crippen LogP contribution is -2.51. The molecular weight excluding hydrogens is 457 g/mol. The van der Waals surface area contributed by atoms with Gasteiger partial charge in [-0.15, -0.1) is 0 Å². The fourth-order valence-corrected chi connectivity index (χ4v) is 5.30. The first kappa shape index (κ1) is 25.6. The Balaban J connectivity index is 1.43. The van der Waals surface area contributed by atoms with Crippen LogP contribution in [0.5, 0.6) is 0 Å². The summed E-state index contributed by atoms with van der Waals surface area (Å²) < 4.78 is 39.7. The maximum atomic E-state index is 13.2. The molecule has 192 valence electrons. The molecule has 0 spiro atoms. The summed E-state index contributed by atoms with van der Waals surface area (Å²) in [6.45, 7) is 7.37. The maximum absolute atomic E-state index is 13.2. The Bertz CT molecular complexity index is 1020. The lowest BCUT2D eigenvalue weighted by atomic mass is 9.84. The van der Waals surface area contributed by atoms with Gasteiger partial charge in [0.1, 0.15) is 17.7 Å². The molecule has 10 heteroatoms. The van der Waals surface area contributed by atoms with Gasteiger partial charge in [0.05, 0.1) is 18.0 Å². The molecule has 3 unspecified atom stereocenters. The van der Waals surface area contributed by atoms with E-state index in [-0.39, 0.29) is 24.8 Å². The molecule has 1 saturated carbocycles. The molecule has 7 nitrogen and oxygen atoms in total. The average Bonchev–Trinajstić information content (AvgIpc) is 2.82. The van der Waals surface area contributed by atoms with Crippen molar-refractivity contribution < 1.29 is 18.0 Å². The number of alkyl halides is 3. The first-order valence-electron chi connectivity index (χ1n) is 12.5. The number of rotatable bonds is 7. The zero-order chi connectivity index (χ0) is 25.2. The molecule has 2 fully saturated rings. The number of fused-ring (bicyclic) bond motifs is 1. The van der Waals surface area contributed by atoms with Crippen LogP contribution in [0.3, 0.4) is 0 Å². The van der Waals surface area contributed by atoms with Crippen LogP contribution in [0, 0.1) is 11.8 Å². The molecule has 0 bridgehead atoms. The number of carbonyl (C=O) groups excluding carboxylic acids is 1. The predicted octanol–water partition coefficient (Wildman–Crippen LogP) is 3.79. The van der Waals surface area contributed by atoms with Gasteiger partial charge in [0.15, 0.2) is 0 Å². The molecule has 4 rings (SSSR count). The van der Waals surface area contributed by atoms with Crippen molar-refractivity contribution in [2.45, 2.75) is 64.3 Å². The molecular formula is C25H35F3N6O. The molecule has 2 heterocycles. The van der Waals surface area contributed by atoms with Crippen LogP contribution in [0.4, 0.5) is 19.0 Å². The highest BCUT2D eigenvalue weighted by Gasteiger charge is 2.43. The number of piperazine rings is 1. The molecule has 1 aromatic heterocycles. The van der Waals surface area contributed by atoms with Crippen LogP contribution in [0.15, 0.2) is 24.3 Å². The van der Waals surface area contributed by atoms with Crippen molar-refractivity contribution in [3.05, 3.63) is 30.1 Å². The molecule has 35 heavy (non-hydrogen) atoms. The Morgan fingerprint density at radius 2 is 1.86 bits per heavy atom. The Morgan fingerprint density at radius 3 is 2.51 bits per heavy atom. The third-order valence-electron chi connectivity index (χ3n) is 7.31. The lowest BCUT2D eigenvalue weighted by molar-refractivity contribution is -0.187. The number of carbonyl (C=O) groups is 1. The minimum atomic E-state index is -4.09. The lowest BCUT2D eigenvalue weighted by Gasteiger charge is -2.42. The third-order valence-corrected chi connectivity index (χ3v) is 7.31. The van der Waals surface area contributed by atoms with E-state index in [1.807, 2.05) is 38.1 Å². The summed E-state index contributed by atoms with van der Waals surface area (Å²) in [6.07, 6.45) is -2.15. The maximum Gasteiger partial charge on any atom is 0.391 e. The fraction of sp³-hybridized carbons (Fsp3) is 0.640. The number of anilines is 1. The van der Waals surface area contributed by atoms with Crippen LogP contribution in [0.25, 0.3) is 10.9 Å². The molecule has 1 amide bonds. The van der Waals surface area contributed by atoms with Gasteiger partial charge in [0.2, 0.25) is 5.91 Å². The Kier molecular flexibility index (Phi) is 7.80. The molecule has 3 atom stereocenters. The van der Waals surface area contributed by atoms with Crippen molar-refractivity contribution >= 4 is 22.6 Å². The van der Waals surface area contributed by atoms with Crippen LogP contribution in [-0.4, -0.2) is 70.1 Å². The number of primary amides is 1. The van der Waals surface area contributed by atoms with E-state index in [1.165, 1.54) is 0 Å². The largest absolute Gasteiger partial charge is 0.391 e. The SMILES string of the molecule is CC(C)C(Nc1nc(CN2CCN(C3CCCC(C(F)(F)F)C3)CC2)nc2ccccc12)C(N)=O. The number of para-hydroxylation sites is 1. The Labute approximate surface area is 204 Å². The first-order chi connectivity index (χ1) is 16.6. The second-order valence-electron chi connectivity index (χ2n) is 10.1. The Morgan fingerprint density at radius 1 is 1.14 bits per heavy atom. The number of benzene rings is 1. The molecule has 1 aromatic carbocycles. The summed E-state index contributed by atoms with van der Waals surface area (Å²) in [6, 6.07) is 7.09. The van der Waals surface area contributed by atoms with Crippen LogP contribution in [0.2, 0.25) is 0 Å². The van der Waals surface area contributed by atoms with Crippen molar-refractivity contribution in [2.75, 3.05) is 31.5 Å². The van der Waals surface area contributed by atoms with Crippen molar-refractivity contribution in [3.63, 3.8) is 0 Å². The van der Waals surface area contributed by atoms with E-state index < -0.39 is 24.0 Å². The van der Waals surface area contributed by atoms with E-state index in [0.717, 1.165) is 43.5 Å². The highest BCUT2D eigenvalue weighted by molar-refractivity contribution is 5.91. The van der Waals surface area contributed by atoms with Crippen molar-refractivity contribution in [1.82, 2.24) is 19.8 Å². The van der Waals surface area contributed by atoms with Crippen LogP contribution < -0.4 is 11.1 Å².